The Labute approximate surface area is 137 Å². The summed E-state index contributed by atoms with van der Waals surface area (Å²) >= 11 is 0. The molecule has 23 heavy (non-hydrogen) atoms. The first-order valence-electron chi connectivity index (χ1n) is 7.80. The zero-order valence-electron chi connectivity index (χ0n) is 14.2. The van der Waals surface area contributed by atoms with Gasteiger partial charge < -0.3 is 20.1 Å². The Kier molecular flexibility index (Phi) is 5.05. The number of hydrogen-bond donors (Lipinski definition) is 2. The number of amides is 1. The zero-order valence-corrected chi connectivity index (χ0v) is 14.2. The van der Waals surface area contributed by atoms with Crippen molar-refractivity contribution in [1.29, 1.82) is 0 Å². The maximum atomic E-state index is 12.6. The lowest BCUT2D eigenvalue weighted by atomic mass is 10.0. The van der Waals surface area contributed by atoms with Crippen molar-refractivity contribution < 1.29 is 14.3 Å². The maximum absolute atomic E-state index is 12.6. The van der Waals surface area contributed by atoms with Crippen molar-refractivity contribution in [2.24, 2.45) is 5.92 Å². The molecule has 2 N–H and O–H groups in total. The second-order valence-electron chi connectivity index (χ2n) is 6.54. The molecule has 0 saturated heterocycles. The summed E-state index contributed by atoms with van der Waals surface area (Å²) in [7, 11) is 0. The van der Waals surface area contributed by atoms with Gasteiger partial charge in [0.05, 0.1) is 16.8 Å². The van der Waals surface area contributed by atoms with Crippen LogP contribution >= 0.6 is 0 Å². The predicted molar refractivity (Wildman–Crippen MR) is 91.1 cm³/mol. The molecule has 5 nitrogen and oxygen atoms in total. The van der Waals surface area contributed by atoms with Gasteiger partial charge in [0, 0.05) is 12.6 Å². The van der Waals surface area contributed by atoms with Crippen molar-refractivity contribution in [3.8, 4) is 23.8 Å². The zero-order chi connectivity index (χ0) is 17.0. The molecule has 1 amide bonds. The average molecular weight is 316 g/mol. The van der Waals surface area contributed by atoms with E-state index in [1.165, 1.54) is 0 Å². The summed E-state index contributed by atoms with van der Waals surface area (Å²) in [4.78, 5) is 12.6. The average Bonchev–Trinajstić information content (AvgIpc) is 2.51. The lowest BCUT2D eigenvalue weighted by molar-refractivity contribution is 0.0929. The standard InChI is InChI=1S/C18H24N2O3/c1-6-18(4,5)20-17(21)13-9-15-16(23-8-7-22-15)10-14(13)19-11-12(2)3/h1,9-10,12,19H,7-8,11H2,2-5H3,(H,20,21). The normalized spacial score (nSPS) is 13.4. The second-order valence-corrected chi connectivity index (χ2v) is 6.54. The Morgan fingerprint density at radius 2 is 1.91 bits per heavy atom. The Morgan fingerprint density at radius 3 is 2.48 bits per heavy atom. The molecule has 0 aliphatic carbocycles. The molecule has 0 bridgehead atoms. The molecule has 1 aromatic carbocycles. The predicted octanol–water partition coefficient (Wildman–Crippen LogP) is 2.67. The van der Waals surface area contributed by atoms with Crippen LogP contribution in [0.5, 0.6) is 11.5 Å². The summed E-state index contributed by atoms with van der Waals surface area (Å²) in [5.41, 5.74) is 0.492. The van der Waals surface area contributed by atoms with E-state index in [1.807, 2.05) is 6.07 Å². The number of carbonyl (C=O) groups is 1. The number of anilines is 1. The number of benzene rings is 1. The van der Waals surface area contributed by atoms with Gasteiger partial charge in [0.2, 0.25) is 0 Å². The fraction of sp³-hybridized carbons (Fsp3) is 0.500. The van der Waals surface area contributed by atoms with E-state index in [0.29, 0.717) is 41.9 Å². The van der Waals surface area contributed by atoms with Crippen molar-refractivity contribution >= 4 is 11.6 Å². The highest BCUT2D eigenvalue weighted by Gasteiger charge is 2.23. The summed E-state index contributed by atoms with van der Waals surface area (Å²) in [5.74, 6) is 4.00. The van der Waals surface area contributed by atoms with Crippen LogP contribution in [0.25, 0.3) is 0 Å². The van der Waals surface area contributed by atoms with Gasteiger partial charge in [-0.25, -0.2) is 0 Å². The van der Waals surface area contributed by atoms with Crippen LogP contribution in [0.4, 0.5) is 5.69 Å². The van der Waals surface area contributed by atoms with Crippen LogP contribution in [0.1, 0.15) is 38.1 Å². The van der Waals surface area contributed by atoms with Crippen LogP contribution in [0.2, 0.25) is 0 Å². The van der Waals surface area contributed by atoms with Gasteiger partial charge in [-0.2, -0.15) is 0 Å². The number of carbonyl (C=O) groups excluding carboxylic acids is 1. The Hall–Kier alpha value is -2.35. The number of ether oxygens (including phenoxy) is 2. The highest BCUT2D eigenvalue weighted by Crippen LogP contribution is 2.36. The highest BCUT2D eigenvalue weighted by molar-refractivity contribution is 6.01. The van der Waals surface area contributed by atoms with Crippen LogP contribution in [-0.4, -0.2) is 31.2 Å². The number of hydrogen-bond acceptors (Lipinski definition) is 4. The van der Waals surface area contributed by atoms with Crippen LogP contribution in [0, 0.1) is 18.3 Å². The van der Waals surface area contributed by atoms with Crippen molar-refractivity contribution in [3.05, 3.63) is 17.7 Å². The number of fused-ring (bicyclic) bond motifs is 1. The SMILES string of the molecule is C#CC(C)(C)NC(=O)c1cc2c(cc1NCC(C)C)OCCO2. The smallest absolute Gasteiger partial charge is 0.254 e. The van der Waals surface area contributed by atoms with Crippen LogP contribution in [-0.2, 0) is 0 Å². The van der Waals surface area contributed by atoms with E-state index in [1.54, 1.807) is 19.9 Å². The van der Waals surface area contributed by atoms with E-state index >= 15 is 0 Å². The first-order chi connectivity index (χ1) is 10.8. The molecule has 1 aromatic rings. The van der Waals surface area contributed by atoms with E-state index in [-0.39, 0.29) is 5.91 Å². The summed E-state index contributed by atoms with van der Waals surface area (Å²) in [6, 6.07) is 3.52. The van der Waals surface area contributed by atoms with E-state index in [9.17, 15) is 4.79 Å². The Bertz CT molecular complexity index is 630. The third-order valence-corrected chi connectivity index (χ3v) is 3.41. The second kappa shape index (κ2) is 6.82. The van der Waals surface area contributed by atoms with Crippen molar-refractivity contribution in [2.45, 2.75) is 33.2 Å². The summed E-state index contributed by atoms with van der Waals surface area (Å²) < 4.78 is 11.2. The fourth-order valence-corrected chi connectivity index (χ4v) is 2.12. The summed E-state index contributed by atoms with van der Waals surface area (Å²) in [6.45, 7) is 9.50. The molecule has 1 heterocycles. The topological polar surface area (TPSA) is 59.6 Å². The van der Waals surface area contributed by atoms with Crippen molar-refractivity contribution in [1.82, 2.24) is 5.32 Å². The van der Waals surface area contributed by atoms with Gasteiger partial charge in [0.15, 0.2) is 11.5 Å². The molecular formula is C18H24N2O3. The van der Waals surface area contributed by atoms with Crippen LogP contribution in [0.15, 0.2) is 12.1 Å². The number of rotatable bonds is 5. The third kappa shape index (κ3) is 4.32. The molecule has 0 spiro atoms. The van der Waals surface area contributed by atoms with Crippen LogP contribution < -0.4 is 20.1 Å². The molecule has 124 valence electrons. The molecule has 2 rings (SSSR count). The van der Waals surface area contributed by atoms with E-state index in [0.717, 1.165) is 6.54 Å². The van der Waals surface area contributed by atoms with Gasteiger partial charge in [0.1, 0.15) is 13.2 Å². The van der Waals surface area contributed by atoms with Gasteiger partial charge in [0.25, 0.3) is 5.91 Å². The number of terminal acetylenes is 1. The number of nitrogens with one attached hydrogen (secondary N) is 2. The van der Waals surface area contributed by atoms with Gasteiger partial charge in [-0.15, -0.1) is 6.42 Å². The largest absolute Gasteiger partial charge is 0.486 e. The van der Waals surface area contributed by atoms with Crippen molar-refractivity contribution in [3.63, 3.8) is 0 Å². The molecule has 0 atom stereocenters. The lowest BCUT2D eigenvalue weighted by Crippen LogP contribution is -2.42. The summed E-state index contributed by atoms with van der Waals surface area (Å²) in [6.07, 6.45) is 5.45. The van der Waals surface area contributed by atoms with E-state index < -0.39 is 5.54 Å². The molecule has 1 aliphatic heterocycles. The molecule has 1 aliphatic rings. The van der Waals surface area contributed by atoms with Crippen LogP contribution in [0.3, 0.4) is 0 Å². The Balaban J connectivity index is 2.34. The molecule has 0 unspecified atom stereocenters. The fourth-order valence-electron chi connectivity index (χ4n) is 2.12. The molecule has 0 aromatic heterocycles. The minimum absolute atomic E-state index is 0.240. The van der Waals surface area contributed by atoms with E-state index in [2.05, 4.69) is 30.4 Å². The molecule has 0 fully saturated rings. The van der Waals surface area contributed by atoms with Gasteiger partial charge in [-0.05, 0) is 25.8 Å². The Morgan fingerprint density at radius 1 is 1.30 bits per heavy atom. The summed E-state index contributed by atoms with van der Waals surface area (Å²) in [5, 5.41) is 6.15. The maximum Gasteiger partial charge on any atom is 0.254 e. The molecule has 0 saturated carbocycles. The van der Waals surface area contributed by atoms with Crippen molar-refractivity contribution in [2.75, 3.05) is 25.1 Å². The highest BCUT2D eigenvalue weighted by atomic mass is 16.6. The molecular weight excluding hydrogens is 292 g/mol. The van der Waals surface area contributed by atoms with E-state index in [4.69, 9.17) is 15.9 Å². The first-order valence-corrected chi connectivity index (χ1v) is 7.80. The van der Waals surface area contributed by atoms with Gasteiger partial charge in [-0.3, -0.25) is 4.79 Å². The minimum Gasteiger partial charge on any atom is -0.486 e. The van der Waals surface area contributed by atoms with Gasteiger partial charge in [-0.1, -0.05) is 19.8 Å². The molecule has 5 heteroatoms. The lowest BCUT2D eigenvalue weighted by Gasteiger charge is -2.24. The quantitative estimate of drug-likeness (QED) is 0.820. The monoisotopic (exact) mass is 316 g/mol. The first kappa shape index (κ1) is 17.0. The third-order valence-electron chi connectivity index (χ3n) is 3.41. The minimum atomic E-state index is -0.723. The van der Waals surface area contributed by atoms with Gasteiger partial charge >= 0.3 is 0 Å². The molecule has 0 radical (unpaired) electrons.